The smallest absolute Gasteiger partial charge is 0.759 e. The van der Waals surface area contributed by atoms with Gasteiger partial charge in [-0.1, -0.05) is 6.07 Å². The fraction of sp³-hybridized carbons (Fsp3) is 0.143. The third kappa shape index (κ3) is 5.51. The fourth-order valence-corrected chi connectivity index (χ4v) is 0.967. The van der Waals surface area contributed by atoms with Gasteiger partial charge in [0, 0.05) is 13.2 Å². The number of halogens is 1. The maximum atomic E-state index is 12.6. The Labute approximate surface area is 108 Å². The molecule has 0 amide bonds. The van der Waals surface area contributed by atoms with Gasteiger partial charge in [-0.25, -0.2) is 4.39 Å². The van der Waals surface area contributed by atoms with Crippen LogP contribution >= 0.6 is 7.75 Å². The molecule has 5 nitrogen and oxygen atoms in total. The van der Waals surface area contributed by atoms with Gasteiger partial charge in [0.2, 0.25) is 0 Å². The van der Waals surface area contributed by atoms with Crippen LogP contribution in [0.25, 0.3) is 0 Å². The molecule has 1 atom stereocenters. The molecule has 0 spiro atoms. The quantitative estimate of drug-likeness (QED) is 0.387. The minimum absolute atomic E-state index is 0. The van der Waals surface area contributed by atoms with Gasteiger partial charge < -0.3 is 9.42 Å². The first-order chi connectivity index (χ1) is 6.53. The first-order valence-corrected chi connectivity index (χ1v) is 5.09. The fourth-order valence-electron chi connectivity index (χ4n) is 0.681. The molecule has 0 bridgehead atoms. The second-order valence-corrected chi connectivity index (χ2v) is 3.80. The molecular weight excluding hydrogens is 233 g/mol. The Kier molecular flexibility index (Phi) is 6.43. The minimum Gasteiger partial charge on any atom is -0.759 e. The Bertz CT molecular complexity index is 402. The number of nitrogens with zero attached hydrogens (tertiary/aromatic N) is 2. The van der Waals surface area contributed by atoms with Crippen LogP contribution in [0.3, 0.4) is 0 Å². The van der Waals surface area contributed by atoms with E-state index in [9.17, 15) is 13.8 Å². The van der Waals surface area contributed by atoms with Crippen molar-refractivity contribution < 1.29 is 47.9 Å². The molecule has 8 heteroatoms. The molecule has 0 saturated heterocycles. The van der Waals surface area contributed by atoms with Crippen molar-refractivity contribution in [1.82, 2.24) is 0 Å². The SMILES string of the molecule is COP(=O)([O-])N=Nc1cccc(F)c1.[Na+]. The van der Waals surface area contributed by atoms with Crippen LogP contribution in [0.1, 0.15) is 0 Å². The predicted molar refractivity (Wildman–Crippen MR) is 45.5 cm³/mol. The Morgan fingerprint density at radius 3 is 2.73 bits per heavy atom. The largest absolute Gasteiger partial charge is 1.00 e. The molecule has 15 heavy (non-hydrogen) atoms. The zero-order valence-electron chi connectivity index (χ0n) is 8.25. The molecule has 1 rings (SSSR count). The van der Waals surface area contributed by atoms with E-state index in [1.807, 2.05) is 0 Å². The first kappa shape index (κ1) is 14.9. The molecule has 0 radical (unpaired) electrons. The van der Waals surface area contributed by atoms with Gasteiger partial charge >= 0.3 is 29.6 Å². The van der Waals surface area contributed by atoms with Crippen molar-refractivity contribution >= 4 is 13.4 Å². The summed E-state index contributed by atoms with van der Waals surface area (Å²) in [6.45, 7) is 0. The van der Waals surface area contributed by atoms with Gasteiger partial charge in [0.25, 0.3) is 7.75 Å². The van der Waals surface area contributed by atoms with Crippen LogP contribution < -0.4 is 34.5 Å². The standard InChI is InChI=1S/C7H8FN2O3P.Na/c1-13-14(11,12)10-9-7-4-2-3-6(8)5-7;/h2-5H,1H3,(H,11,12);/q;+1/p-1. The van der Waals surface area contributed by atoms with Crippen molar-refractivity contribution in [2.24, 2.45) is 10.00 Å². The van der Waals surface area contributed by atoms with Crippen molar-refractivity contribution in [3.05, 3.63) is 30.1 Å². The van der Waals surface area contributed by atoms with Crippen LogP contribution in [0.5, 0.6) is 0 Å². The summed E-state index contributed by atoms with van der Waals surface area (Å²) < 4.78 is 27.3. The molecule has 0 saturated carbocycles. The summed E-state index contributed by atoms with van der Waals surface area (Å²) in [7, 11) is -3.30. The van der Waals surface area contributed by atoms with Gasteiger partial charge in [-0.05, 0) is 12.1 Å². The summed E-state index contributed by atoms with van der Waals surface area (Å²) in [5.74, 6) is -0.514. The van der Waals surface area contributed by atoms with E-state index >= 15 is 0 Å². The summed E-state index contributed by atoms with van der Waals surface area (Å²) in [4.78, 5) is 13.6. The molecule has 76 valence electrons. The molecule has 0 fully saturated rings. The summed E-state index contributed by atoms with van der Waals surface area (Å²) in [6, 6.07) is 5.08. The Morgan fingerprint density at radius 1 is 1.53 bits per heavy atom. The molecule has 0 heterocycles. The second-order valence-electron chi connectivity index (χ2n) is 2.32. The van der Waals surface area contributed by atoms with E-state index in [1.54, 1.807) is 0 Å². The van der Waals surface area contributed by atoms with Crippen LogP contribution in [-0.4, -0.2) is 7.11 Å². The van der Waals surface area contributed by atoms with E-state index in [1.165, 1.54) is 18.2 Å². The van der Waals surface area contributed by atoms with Crippen LogP contribution in [-0.2, 0) is 9.09 Å². The zero-order chi connectivity index (χ0) is 10.6. The Balaban J connectivity index is 0.00000196. The van der Waals surface area contributed by atoms with Crippen LogP contribution in [0.15, 0.2) is 34.3 Å². The molecule has 1 unspecified atom stereocenters. The minimum atomic E-state index is -4.27. The van der Waals surface area contributed by atoms with Gasteiger partial charge in [-0.3, -0.25) is 4.57 Å². The van der Waals surface area contributed by atoms with Crippen LogP contribution in [0.2, 0.25) is 0 Å². The maximum absolute atomic E-state index is 12.6. The first-order valence-electron chi connectivity index (χ1n) is 3.59. The third-order valence-electron chi connectivity index (χ3n) is 1.31. The van der Waals surface area contributed by atoms with Crippen molar-refractivity contribution in [3.8, 4) is 0 Å². The maximum Gasteiger partial charge on any atom is 1.00 e. The van der Waals surface area contributed by atoms with E-state index in [-0.39, 0.29) is 35.2 Å². The van der Waals surface area contributed by atoms with Gasteiger partial charge in [-0.15, -0.1) is 10.00 Å². The zero-order valence-corrected chi connectivity index (χ0v) is 11.1. The summed E-state index contributed by atoms with van der Waals surface area (Å²) in [5.41, 5.74) is 0.109. The van der Waals surface area contributed by atoms with E-state index in [0.29, 0.717) is 0 Å². The van der Waals surface area contributed by atoms with Crippen molar-refractivity contribution in [2.75, 3.05) is 7.11 Å². The molecule has 1 aromatic rings. The van der Waals surface area contributed by atoms with Gasteiger partial charge in [0.15, 0.2) is 0 Å². The van der Waals surface area contributed by atoms with Crippen molar-refractivity contribution in [2.45, 2.75) is 0 Å². The molecule has 0 aliphatic carbocycles. The molecule has 0 aromatic heterocycles. The van der Waals surface area contributed by atoms with Crippen molar-refractivity contribution in [3.63, 3.8) is 0 Å². The third-order valence-corrected chi connectivity index (χ3v) is 2.08. The van der Waals surface area contributed by atoms with Gasteiger partial charge in [-0.2, -0.15) is 0 Å². The normalized spacial score (nSPS) is 14.6. The van der Waals surface area contributed by atoms with E-state index < -0.39 is 13.6 Å². The summed E-state index contributed by atoms with van der Waals surface area (Å²) in [5, 5.41) is 3.29. The molecule has 0 N–H and O–H groups in total. The molecule has 1 aromatic carbocycles. The van der Waals surface area contributed by atoms with E-state index in [0.717, 1.165) is 13.2 Å². The van der Waals surface area contributed by atoms with Gasteiger partial charge in [0.1, 0.15) is 5.82 Å². The number of benzene rings is 1. The average Bonchev–Trinajstić information content (AvgIpc) is 2.15. The summed E-state index contributed by atoms with van der Waals surface area (Å²) in [6.07, 6.45) is 0. The number of hydrogen-bond acceptors (Lipinski definition) is 4. The topological polar surface area (TPSA) is 74.1 Å². The van der Waals surface area contributed by atoms with E-state index in [2.05, 4.69) is 14.5 Å². The summed E-state index contributed by atoms with van der Waals surface area (Å²) >= 11 is 0. The van der Waals surface area contributed by atoms with Crippen molar-refractivity contribution in [1.29, 1.82) is 0 Å². The van der Waals surface area contributed by atoms with Crippen LogP contribution in [0.4, 0.5) is 10.1 Å². The average molecular weight is 240 g/mol. The van der Waals surface area contributed by atoms with Gasteiger partial charge in [0.05, 0.1) is 5.69 Å². The molecule has 0 aliphatic heterocycles. The molecular formula is C7H7FN2NaO3P. The number of rotatable bonds is 3. The second kappa shape index (κ2) is 6.48. The molecule has 0 aliphatic rings. The van der Waals surface area contributed by atoms with Crippen LogP contribution in [0, 0.1) is 5.82 Å². The predicted octanol–water partition coefficient (Wildman–Crippen LogP) is -0.972. The Hall–Kier alpha value is -0.100. The Morgan fingerprint density at radius 2 is 2.20 bits per heavy atom. The number of hydrogen-bond donors (Lipinski definition) is 0. The monoisotopic (exact) mass is 240 g/mol. The van der Waals surface area contributed by atoms with E-state index in [4.69, 9.17) is 0 Å².